The Balaban J connectivity index is 2.32. The summed E-state index contributed by atoms with van der Waals surface area (Å²) in [4.78, 5) is 16.0. The molecule has 0 atom stereocenters. The number of hydrogen-bond donors (Lipinski definition) is 1. The van der Waals surface area contributed by atoms with Crippen LogP contribution in [0.25, 0.3) is 11.1 Å². The molecule has 0 bridgehead atoms. The Hall–Kier alpha value is -2.16. The standard InChI is InChI=1S/C15H14N2O/c1-9-5-12-13-8-16-4-3-11(13)7-15(18)17-14(12)6-10(9)2/h3-6,8H,7H2,1-2H3,(H,17,18). The Labute approximate surface area is 106 Å². The first kappa shape index (κ1) is 11.0. The average Bonchev–Trinajstić information content (AvgIpc) is 2.46. The summed E-state index contributed by atoms with van der Waals surface area (Å²) in [6.45, 7) is 4.13. The van der Waals surface area contributed by atoms with Gasteiger partial charge in [-0.15, -0.1) is 0 Å². The van der Waals surface area contributed by atoms with Crippen molar-refractivity contribution < 1.29 is 4.79 Å². The third kappa shape index (κ3) is 1.68. The van der Waals surface area contributed by atoms with Gasteiger partial charge in [0.15, 0.2) is 0 Å². The predicted molar refractivity (Wildman–Crippen MR) is 71.5 cm³/mol. The van der Waals surface area contributed by atoms with Crippen LogP contribution in [-0.2, 0) is 11.2 Å². The molecule has 0 aliphatic carbocycles. The van der Waals surface area contributed by atoms with Crippen LogP contribution in [0.15, 0.2) is 30.6 Å². The van der Waals surface area contributed by atoms with Gasteiger partial charge in [-0.05, 0) is 48.7 Å². The molecule has 90 valence electrons. The quantitative estimate of drug-likeness (QED) is 0.766. The number of aromatic nitrogens is 1. The molecule has 0 saturated carbocycles. The van der Waals surface area contributed by atoms with Crippen molar-refractivity contribution in [1.82, 2.24) is 4.98 Å². The van der Waals surface area contributed by atoms with Crippen LogP contribution in [0, 0.1) is 13.8 Å². The zero-order chi connectivity index (χ0) is 12.7. The maximum absolute atomic E-state index is 11.9. The zero-order valence-electron chi connectivity index (χ0n) is 10.4. The molecule has 1 amide bonds. The lowest BCUT2D eigenvalue weighted by Gasteiger charge is -2.11. The minimum atomic E-state index is 0.0319. The van der Waals surface area contributed by atoms with Crippen LogP contribution in [0.1, 0.15) is 16.7 Å². The lowest BCUT2D eigenvalue weighted by Crippen LogP contribution is -2.12. The first-order valence-electron chi connectivity index (χ1n) is 5.99. The fourth-order valence-corrected chi connectivity index (χ4v) is 2.33. The fourth-order valence-electron chi connectivity index (χ4n) is 2.33. The van der Waals surface area contributed by atoms with Crippen molar-refractivity contribution in [2.45, 2.75) is 20.3 Å². The summed E-state index contributed by atoms with van der Waals surface area (Å²) in [5, 5.41) is 2.97. The molecule has 0 fully saturated rings. The molecule has 2 heterocycles. The first-order chi connectivity index (χ1) is 8.65. The lowest BCUT2D eigenvalue weighted by molar-refractivity contribution is -0.115. The van der Waals surface area contributed by atoms with Gasteiger partial charge in [0, 0.05) is 29.2 Å². The summed E-state index contributed by atoms with van der Waals surface area (Å²) >= 11 is 0. The van der Waals surface area contributed by atoms with Crippen LogP contribution in [0.3, 0.4) is 0 Å². The maximum Gasteiger partial charge on any atom is 0.228 e. The van der Waals surface area contributed by atoms with Gasteiger partial charge in [0.2, 0.25) is 5.91 Å². The summed E-state index contributed by atoms with van der Waals surface area (Å²) in [6.07, 6.45) is 3.98. The monoisotopic (exact) mass is 238 g/mol. The third-order valence-electron chi connectivity index (χ3n) is 3.46. The van der Waals surface area contributed by atoms with Gasteiger partial charge in [-0.1, -0.05) is 0 Å². The highest BCUT2D eigenvalue weighted by molar-refractivity contribution is 6.00. The van der Waals surface area contributed by atoms with Gasteiger partial charge in [-0.3, -0.25) is 9.78 Å². The van der Waals surface area contributed by atoms with Gasteiger partial charge < -0.3 is 5.32 Å². The number of nitrogens with zero attached hydrogens (tertiary/aromatic N) is 1. The Morgan fingerprint density at radius 2 is 1.94 bits per heavy atom. The Kier molecular flexibility index (Phi) is 2.40. The number of fused-ring (bicyclic) bond motifs is 3. The molecule has 0 spiro atoms. The Morgan fingerprint density at radius 1 is 1.17 bits per heavy atom. The smallest absolute Gasteiger partial charge is 0.228 e. The van der Waals surface area contributed by atoms with Crippen molar-refractivity contribution in [1.29, 1.82) is 0 Å². The van der Waals surface area contributed by atoms with Crippen molar-refractivity contribution >= 4 is 11.6 Å². The van der Waals surface area contributed by atoms with Crippen molar-refractivity contribution in [2.24, 2.45) is 0 Å². The number of aryl methyl sites for hydroxylation is 2. The van der Waals surface area contributed by atoms with Gasteiger partial charge in [-0.25, -0.2) is 0 Å². The average molecular weight is 238 g/mol. The van der Waals surface area contributed by atoms with E-state index in [1.54, 1.807) is 6.20 Å². The minimum absolute atomic E-state index is 0.0319. The summed E-state index contributed by atoms with van der Waals surface area (Å²) in [5.74, 6) is 0.0319. The molecule has 1 aliphatic heterocycles. The van der Waals surface area contributed by atoms with Crippen molar-refractivity contribution in [2.75, 3.05) is 5.32 Å². The summed E-state index contributed by atoms with van der Waals surface area (Å²) < 4.78 is 0. The second-order valence-electron chi connectivity index (χ2n) is 4.74. The second kappa shape index (κ2) is 3.95. The largest absolute Gasteiger partial charge is 0.325 e. The van der Waals surface area contributed by atoms with Gasteiger partial charge in [0.05, 0.1) is 6.42 Å². The van der Waals surface area contributed by atoms with E-state index in [0.717, 1.165) is 22.4 Å². The molecule has 3 nitrogen and oxygen atoms in total. The topological polar surface area (TPSA) is 42.0 Å². The number of hydrogen-bond acceptors (Lipinski definition) is 2. The summed E-state index contributed by atoms with van der Waals surface area (Å²) in [6, 6.07) is 6.07. The van der Waals surface area contributed by atoms with E-state index in [4.69, 9.17) is 0 Å². The number of carbonyl (C=O) groups excluding carboxylic acids is 1. The molecule has 1 aromatic heterocycles. The molecular weight excluding hydrogens is 224 g/mol. The normalized spacial score (nSPS) is 13.3. The molecule has 1 N–H and O–H groups in total. The van der Waals surface area contributed by atoms with E-state index >= 15 is 0 Å². The maximum atomic E-state index is 11.9. The number of rotatable bonds is 0. The fraction of sp³-hybridized carbons (Fsp3) is 0.200. The van der Waals surface area contributed by atoms with Crippen LogP contribution in [0.5, 0.6) is 0 Å². The minimum Gasteiger partial charge on any atom is -0.325 e. The molecule has 0 saturated heterocycles. The van der Waals surface area contributed by atoms with Crippen LogP contribution in [-0.4, -0.2) is 10.9 Å². The lowest BCUT2D eigenvalue weighted by atomic mass is 9.96. The number of carbonyl (C=O) groups is 1. The highest BCUT2D eigenvalue weighted by atomic mass is 16.1. The van der Waals surface area contributed by atoms with E-state index in [0.29, 0.717) is 6.42 Å². The second-order valence-corrected chi connectivity index (χ2v) is 4.74. The first-order valence-corrected chi connectivity index (χ1v) is 5.99. The van der Waals surface area contributed by atoms with E-state index in [1.165, 1.54) is 11.1 Å². The molecular formula is C15H14N2O. The van der Waals surface area contributed by atoms with E-state index in [1.807, 2.05) is 18.3 Å². The van der Waals surface area contributed by atoms with Crippen molar-refractivity contribution in [3.8, 4) is 11.1 Å². The number of benzene rings is 1. The number of anilines is 1. The van der Waals surface area contributed by atoms with E-state index in [-0.39, 0.29) is 5.91 Å². The van der Waals surface area contributed by atoms with Gasteiger partial charge >= 0.3 is 0 Å². The molecule has 18 heavy (non-hydrogen) atoms. The van der Waals surface area contributed by atoms with Crippen LogP contribution >= 0.6 is 0 Å². The van der Waals surface area contributed by atoms with E-state index in [2.05, 4.69) is 30.2 Å². The van der Waals surface area contributed by atoms with Gasteiger partial charge in [0.1, 0.15) is 0 Å². The molecule has 0 radical (unpaired) electrons. The Morgan fingerprint density at radius 3 is 2.78 bits per heavy atom. The number of amides is 1. The summed E-state index contributed by atoms with van der Waals surface area (Å²) in [7, 11) is 0. The molecule has 3 rings (SSSR count). The highest BCUT2D eigenvalue weighted by Crippen LogP contribution is 2.35. The van der Waals surface area contributed by atoms with Crippen LogP contribution < -0.4 is 5.32 Å². The molecule has 1 aliphatic rings. The van der Waals surface area contributed by atoms with Gasteiger partial charge in [0.25, 0.3) is 0 Å². The van der Waals surface area contributed by atoms with Crippen LogP contribution in [0.4, 0.5) is 5.69 Å². The van der Waals surface area contributed by atoms with Crippen LogP contribution in [0.2, 0.25) is 0 Å². The zero-order valence-corrected chi connectivity index (χ0v) is 10.4. The number of pyridine rings is 1. The van der Waals surface area contributed by atoms with Crippen molar-refractivity contribution in [3.63, 3.8) is 0 Å². The SMILES string of the molecule is Cc1cc2c(cc1C)-c1cnccc1CC(=O)N2. The van der Waals surface area contributed by atoms with E-state index < -0.39 is 0 Å². The third-order valence-corrected chi connectivity index (χ3v) is 3.46. The molecule has 1 aromatic carbocycles. The van der Waals surface area contributed by atoms with E-state index in [9.17, 15) is 4.79 Å². The van der Waals surface area contributed by atoms with Crippen molar-refractivity contribution in [3.05, 3.63) is 47.3 Å². The predicted octanol–water partition coefficient (Wildman–Crippen LogP) is 2.86. The Bertz CT molecular complexity index is 647. The molecule has 2 aromatic rings. The molecule has 3 heteroatoms. The highest BCUT2D eigenvalue weighted by Gasteiger charge is 2.19. The van der Waals surface area contributed by atoms with Gasteiger partial charge in [-0.2, -0.15) is 0 Å². The summed E-state index contributed by atoms with van der Waals surface area (Å²) in [5.41, 5.74) is 6.43. The number of nitrogens with one attached hydrogen (secondary N) is 1. The molecule has 0 unspecified atom stereocenters.